The average Bonchev–Trinajstić information content (AvgIpc) is 3.23. The number of likely N-dealkylation sites (N-methyl/N-ethyl adjacent to an activating group) is 1. The van der Waals surface area contributed by atoms with E-state index in [0.29, 0.717) is 13.0 Å². The van der Waals surface area contributed by atoms with Crippen LogP contribution < -0.4 is 9.47 Å². The number of halogens is 1. The number of benzene rings is 2. The highest BCUT2D eigenvalue weighted by Gasteiger charge is 2.38. The van der Waals surface area contributed by atoms with Gasteiger partial charge in [-0.05, 0) is 18.9 Å². The fraction of sp³-hybridized carbons (Fsp3) is 0.455. The third-order valence-electron chi connectivity index (χ3n) is 5.77. The first-order valence-electron chi connectivity index (χ1n) is 10.1. The Balaban J connectivity index is 1.85. The molecule has 2 unspecified atom stereocenters. The number of likely N-dealkylation sites (tertiary alicyclic amines) is 1. The van der Waals surface area contributed by atoms with Gasteiger partial charge in [0.15, 0.2) is 11.5 Å². The van der Waals surface area contributed by atoms with Gasteiger partial charge in [0, 0.05) is 43.9 Å². The van der Waals surface area contributed by atoms with Gasteiger partial charge in [-0.25, -0.2) is 12.8 Å². The monoisotopic (exact) mass is 436 g/mol. The van der Waals surface area contributed by atoms with Crippen molar-refractivity contribution < 1.29 is 22.3 Å². The van der Waals surface area contributed by atoms with E-state index in [1.807, 2.05) is 18.2 Å². The zero-order valence-corrected chi connectivity index (χ0v) is 18.7. The lowest BCUT2D eigenvalue weighted by molar-refractivity contribution is 0.239. The molecule has 1 saturated heterocycles. The van der Waals surface area contributed by atoms with Crippen LogP contribution in [0.5, 0.6) is 11.5 Å². The van der Waals surface area contributed by atoms with Gasteiger partial charge in [0.1, 0.15) is 10.7 Å². The highest BCUT2D eigenvalue weighted by molar-refractivity contribution is 7.89. The fourth-order valence-electron chi connectivity index (χ4n) is 4.08. The SMILES string of the molecule is CCN(C1CCN(C(C)c2ccccc2)C1)S(=O)(=O)c1cc(OC)c(OC)cc1F. The van der Waals surface area contributed by atoms with Gasteiger partial charge in [0.05, 0.1) is 14.2 Å². The summed E-state index contributed by atoms with van der Waals surface area (Å²) in [6.45, 7) is 5.53. The van der Waals surface area contributed by atoms with E-state index in [1.165, 1.54) is 30.2 Å². The molecule has 164 valence electrons. The summed E-state index contributed by atoms with van der Waals surface area (Å²) in [5.41, 5.74) is 1.19. The fourth-order valence-corrected chi connectivity index (χ4v) is 5.80. The van der Waals surface area contributed by atoms with Crippen LogP contribution in [0.1, 0.15) is 31.9 Å². The van der Waals surface area contributed by atoms with Gasteiger partial charge in [0.25, 0.3) is 0 Å². The van der Waals surface area contributed by atoms with E-state index in [4.69, 9.17) is 9.47 Å². The second-order valence-electron chi connectivity index (χ2n) is 7.37. The summed E-state index contributed by atoms with van der Waals surface area (Å²) in [5, 5.41) is 0. The van der Waals surface area contributed by atoms with Crippen LogP contribution in [0.2, 0.25) is 0 Å². The van der Waals surface area contributed by atoms with Crippen LogP contribution in [0.15, 0.2) is 47.4 Å². The summed E-state index contributed by atoms with van der Waals surface area (Å²) in [6, 6.07) is 12.3. The molecule has 0 amide bonds. The van der Waals surface area contributed by atoms with E-state index in [1.54, 1.807) is 6.92 Å². The first kappa shape index (κ1) is 22.5. The molecular formula is C22H29FN2O4S. The smallest absolute Gasteiger partial charge is 0.246 e. The number of nitrogens with zero attached hydrogens (tertiary/aromatic N) is 2. The number of ether oxygens (including phenoxy) is 2. The van der Waals surface area contributed by atoms with E-state index < -0.39 is 20.7 Å². The molecule has 0 aromatic heterocycles. The molecule has 0 N–H and O–H groups in total. The maximum atomic E-state index is 14.7. The van der Waals surface area contributed by atoms with E-state index in [2.05, 4.69) is 24.0 Å². The van der Waals surface area contributed by atoms with Gasteiger partial charge in [0.2, 0.25) is 10.0 Å². The maximum absolute atomic E-state index is 14.7. The van der Waals surface area contributed by atoms with Crippen molar-refractivity contribution in [3.8, 4) is 11.5 Å². The van der Waals surface area contributed by atoms with Crippen molar-refractivity contribution in [3.05, 3.63) is 53.8 Å². The number of methoxy groups -OCH3 is 2. The minimum Gasteiger partial charge on any atom is -0.493 e. The molecule has 1 aliphatic heterocycles. The topological polar surface area (TPSA) is 59.1 Å². The molecule has 0 spiro atoms. The molecule has 6 nitrogen and oxygen atoms in total. The Labute approximate surface area is 178 Å². The standard InChI is InChI=1S/C22H29FN2O4S/c1-5-25(18-11-12-24(15-18)16(2)17-9-7-6-8-10-17)30(26,27)22-14-21(29-4)20(28-3)13-19(22)23/h6-10,13-14,16,18H,5,11-12,15H2,1-4H3. The van der Waals surface area contributed by atoms with Crippen molar-refractivity contribution in [2.45, 2.75) is 37.2 Å². The molecular weight excluding hydrogens is 407 g/mol. The molecule has 1 aliphatic rings. The number of hydrogen-bond donors (Lipinski definition) is 0. The lowest BCUT2D eigenvalue weighted by atomic mass is 10.1. The Morgan fingerprint density at radius 1 is 1.17 bits per heavy atom. The third-order valence-corrected chi connectivity index (χ3v) is 7.81. The molecule has 3 rings (SSSR count). The molecule has 2 aromatic rings. The molecule has 1 fully saturated rings. The molecule has 2 aromatic carbocycles. The van der Waals surface area contributed by atoms with Gasteiger partial charge in [-0.3, -0.25) is 4.90 Å². The van der Waals surface area contributed by atoms with Gasteiger partial charge >= 0.3 is 0 Å². The van der Waals surface area contributed by atoms with E-state index in [-0.39, 0.29) is 30.1 Å². The van der Waals surface area contributed by atoms with Crippen LogP contribution >= 0.6 is 0 Å². The van der Waals surface area contributed by atoms with Crippen molar-refractivity contribution in [1.82, 2.24) is 9.21 Å². The average molecular weight is 437 g/mol. The van der Waals surface area contributed by atoms with Crippen LogP contribution in [0, 0.1) is 5.82 Å². The highest BCUT2D eigenvalue weighted by atomic mass is 32.2. The summed E-state index contributed by atoms with van der Waals surface area (Å²) in [6.07, 6.45) is 0.694. The third kappa shape index (κ3) is 4.31. The molecule has 0 radical (unpaired) electrons. The van der Waals surface area contributed by atoms with Crippen LogP contribution in [-0.2, 0) is 10.0 Å². The second kappa shape index (κ2) is 9.32. The summed E-state index contributed by atoms with van der Waals surface area (Å²) < 4.78 is 53.1. The largest absolute Gasteiger partial charge is 0.493 e. The number of hydrogen-bond acceptors (Lipinski definition) is 5. The van der Waals surface area contributed by atoms with Crippen molar-refractivity contribution in [2.75, 3.05) is 33.9 Å². The Kier molecular flexibility index (Phi) is 7.00. The normalized spacial score (nSPS) is 18.5. The quantitative estimate of drug-likeness (QED) is 0.632. The lowest BCUT2D eigenvalue weighted by Crippen LogP contribution is -2.42. The number of rotatable bonds is 8. The Hall–Kier alpha value is -2.16. The molecule has 2 atom stereocenters. The predicted octanol–water partition coefficient (Wildman–Crippen LogP) is 3.69. The molecule has 0 aliphatic carbocycles. The van der Waals surface area contributed by atoms with Crippen molar-refractivity contribution in [1.29, 1.82) is 0 Å². The maximum Gasteiger partial charge on any atom is 0.246 e. The predicted molar refractivity (Wildman–Crippen MR) is 114 cm³/mol. The van der Waals surface area contributed by atoms with Crippen molar-refractivity contribution in [3.63, 3.8) is 0 Å². The Morgan fingerprint density at radius 2 is 1.80 bits per heavy atom. The molecule has 30 heavy (non-hydrogen) atoms. The first-order chi connectivity index (χ1) is 14.3. The van der Waals surface area contributed by atoms with Gasteiger partial charge < -0.3 is 9.47 Å². The van der Waals surface area contributed by atoms with Gasteiger partial charge in [-0.2, -0.15) is 4.31 Å². The van der Waals surface area contributed by atoms with E-state index >= 15 is 0 Å². The summed E-state index contributed by atoms with van der Waals surface area (Å²) >= 11 is 0. The highest BCUT2D eigenvalue weighted by Crippen LogP contribution is 2.35. The van der Waals surface area contributed by atoms with Gasteiger partial charge in [-0.15, -0.1) is 0 Å². The van der Waals surface area contributed by atoms with E-state index in [0.717, 1.165) is 12.6 Å². The van der Waals surface area contributed by atoms with Crippen molar-refractivity contribution in [2.24, 2.45) is 0 Å². The zero-order chi connectivity index (χ0) is 21.9. The first-order valence-corrected chi connectivity index (χ1v) is 11.5. The van der Waals surface area contributed by atoms with Crippen molar-refractivity contribution >= 4 is 10.0 Å². The molecule has 1 heterocycles. The summed E-state index contributed by atoms with van der Waals surface area (Å²) in [7, 11) is -1.27. The minimum atomic E-state index is -4.04. The molecule has 8 heteroatoms. The van der Waals surface area contributed by atoms with E-state index in [9.17, 15) is 12.8 Å². The van der Waals surface area contributed by atoms with Crippen LogP contribution in [0.3, 0.4) is 0 Å². The molecule has 0 saturated carbocycles. The molecule has 0 bridgehead atoms. The Bertz CT molecular complexity index is 969. The summed E-state index contributed by atoms with van der Waals surface area (Å²) in [5.74, 6) is -0.515. The van der Waals surface area contributed by atoms with Crippen LogP contribution in [0.4, 0.5) is 4.39 Å². The Morgan fingerprint density at radius 3 is 2.40 bits per heavy atom. The lowest BCUT2D eigenvalue weighted by Gasteiger charge is -2.29. The second-order valence-corrected chi connectivity index (χ2v) is 9.23. The van der Waals surface area contributed by atoms with Crippen LogP contribution in [0.25, 0.3) is 0 Å². The van der Waals surface area contributed by atoms with Gasteiger partial charge in [-0.1, -0.05) is 37.3 Å². The minimum absolute atomic E-state index is 0.153. The summed E-state index contributed by atoms with van der Waals surface area (Å²) in [4.78, 5) is 1.87. The van der Waals surface area contributed by atoms with Crippen LogP contribution in [-0.4, -0.2) is 57.5 Å². The number of sulfonamides is 1. The zero-order valence-electron chi connectivity index (χ0n) is 17.8.